The van der Waals surface area contributed by atoms with Crippen molar-refractivity contribution in [1.82, 2.24) is 5.43 Å². The minimum absolute atomic E-state index is 0.438. The first-order valence-electron chi connectivity index (χ1n) is 7.43. The quantitative estimate of drug-likeness (QED) is 0.492. The maximum absolute atomic E-state index is 5.26. The number of thiocarbonyl (C=S) groups is 1. The Hall–Kier alpha value is -2.40. The third-order valence-electron chi connectivity index (χ3n) is 3.34. The number of hydrazone groups is 1. The summed E-state index contributed by atoms with van der Waals surface area (Å²) >= 11 is 5.23. The van der Waals surface area contributed by atoms with Crippen molar-refractivity contribution in [3.63, 3.8) is 0 Å². The molecule has 2 N–H and O–H groups in total. The van der Waals surface area contributed by atoms with E-state index in [0.29, 0.717) is 11.0 Å². The molecule has 0 bridgehead atoms. The molecule has 0 fully saturated rings. The lowest BCUT2D eigenvalue weighted by atomic mass is 10.0. The van der Waals surface area contributed by atoms with Gasteiger partial charge in [-0.05, 0) is 48.0 Å². The molecule has 4 nitrogen and oxygen atoms in total. The molecule has 0 unspecified atom stereocenters. The Labute approximate surface area is 142 Å². The summed E-state index contributed by atoms with van der Waals surface area (Å²) in [4.78, 5) is 0. The fraction of sp³-hybridized carbons (Fsp3) is 0.222. The van der Waals surface area contributed by atoms with E-state index in [-0.39, 0.29) is 0 Å². The van der Waals surface area contributed by atoms with Crippen molar-refractivity contribution in [1.29, 1.82) is 0 Å². The van der Waals surface area contributed by atoms with Gasteiger partial charge in [-0.3, -0.25) is 5.43 Å². The third kappa shape index (κ3) is 5.07. The van der Waals surface area contributed by atoms with Crippen LogP contribution in [0.5, 0.6) is 5.75 Å². The number of anilines is 1. The lowest BCUT2D eigenvalue weighted by molar-refractivity contribution is 0.414. The predicted octanol–water partition coefficient (Wildman–Crippen LogP) is 4.14. The van der Waals surface area contributed by atoms with Crippen molar-refractivity contribution in [3.05, 3.63) is 59.7 Å². The molecule has 0 saturated carbocycles. The summed E-state index contributed by atoms with van der Waals surface area (Å²) < 4.78 is 5.26. The van der Waals surface area contributed by atoms with E-state index in [2.05, 4.69) is 41.8 Å². The highest BCUT2D eigenvalue weighted by atomic mass is 32.1. The van der Waals surface area contributed by atoms with Crippen molar-refractivity contribution in [2.24, 2.45) is 5.10 Å². The number of benzene rings is 2. The number of nitrogens with one attached hydrogen (secondary N) is 2. The second kappa shape index (κ2) is 8.29. The molecule has 120 valence electrons. The summed E-state index contributed by atoms with van der Waals surface area (Å²) in [5, 5.41) is 7.67. The van der Waals surface area contributed by atoms with Crippen LogP contribution in [0.3, 0.4) is 0 Å². The van der Waals surface area contributed by atoms with E-state index in [1.807, 2.05) is 36.4 Å². The molecule has 0 saturated heterocycles. The Balaban J connectivity index is 1.91. The Bertz CT molecular complexity index is 681. The zero-order valence-corrected chi connectivity index (χ0v) is 14.4. The zero-order valence-electron chi connectivity index (χ0n) is 13.5. The molecule has 2 aromatic carbocycles. The van der Waals surface area contributed by atoms with Gasteiger partial charge in [0.15, 0.2) is 5.11 Å². The van der Waals surface area contributed by atoms with E-state index in [0.717, 1.165) is 17.0 Å². The average Bonchev–Trinajstić information content (AvgIpc) is 2.55. The van der Waals surface area contributed by atoms with Crippen LogP contribution < -0.4 is 15.5 Å². The summed E-state index contributed by atoms with van der Waals surface area (Å²) in [6.45, 7) is 4.34. The first kappa shape index (κ1) is 17.0. The van der Waals surface area contributed by atoms with Crippen molar-refractivity contribution in [2.75, 3.05) is 12.4 Å². The molecule has 0 aliphatic heterocycles. The highest BCUT2D eigenvalue weighted by molar-refractivity contribution is 7.80. The largest absolute Gasteiger partial charge is 0.496 e. The standard InChI is InChI=1S/C18H21N3OS/c1-13(2)14-8-10-16(11-9-14)20-18(23)21-19-12-15-6-4-5-7-17(15)22-3/h4-13H,1-3H3,(H2,20,21,23). The number of nitrogens with zero attached hydrogens (tertiary/aromatic N) is 1. The van der Waals surface area contributed by atoms with Crippen LogP contribution in [0.25, 0.3) is 0 Å². The second-order valence-corrected chi connectivity index (χ2v) is 5.75. The van der Waals surface area contributed by atoms with E-state index >= 15 is 0 Å². The summed E-state index contributed by atoms with van der Waals surface area (Å²) in [5.74, 6) is 1.28. The number of ether oxygens (including phenoxy) is 1. The molecule has 2 aromatic rings. The number of hydrogen-bond acceptors (Lipinski definition) is 3. The van der Waals surface area contributed by atoms with Gasteiger partial charge in [0.1, 0.15) is 5.75 Å². The Kier molecular flexibility index (Phi) is 6.11. The van der Waals surface area contributed by atoms with E-state index in [4.69, 9.17) is 17.0 Å². The van der Waals surface area contributed by atoms with Gasteiger partial charge in [0.05, 0.1) is 13.3 Å². The molecule has 0 aliphatic rings. The number of methoxy groups -OCH3 is 1. The van der Waals surface area contributed by atoms with Gasteiger partial charge in [0.25, 0.3) is 0 Å². The summed E-state index contributed by atoms with van der Waals surface area (Å²) in [7, 11) is 1.63. The number of hydrogen-bond donors (Lipinski definition) is 2. The van der Waals surface area contributed by atoms with Crippen LogP contribution in [-0.2, 0) is 0 Å². The van der Waals surface area contributed by atoms with Crippen molar-refractivity contribution in [3.8, 4) is 5.75 Å². The average molecular weight is 327 g/mol. The first-order valence-corrected chi connectivity index (χ1v) is 7.84. The molecule has 0 aromatic heterocycles. The maximum Gasteiger partial charge on any atom is 0.191 e. The third-order valence-corrected chi connectivity index (χ3v) is 3.54. The lowest BCUT2D eigenvalue weighted by Crippen LogP contribution is -2.23. The van der Waals surface area contributed by atoms with Crippen molar-refractivity contribution < 1.29 is 4.74 Å². The molecule has 23 heavy (non-hydrogen) atoms. The Morgan fingerprint density at radius 1 is 1.13 bits per heavy atom. The maximum atomic E-state index is 5.26. The van der Waals surface area contributed by atoms with Crippen molar-refractivity contribution >= 4 is 29.2 Å². The van der Waals surface area contributed by atoms with Gasteiger partial charge < -0.3 is 10.1 Å². The van der Waals surface area contributed by atoms with Gasteiger partial charge >= 0.3 is 0 Å². The molecule has 0 aliphatic carbocycles. The van der Waals surface area contributed by atoms with Crippen LogP contribution in [-0.4, -0.2) is 18.4 Å². The Morgan fingerprint density at radius 2 is 1.83 bits per heavy atom. The van der Waals surface area contributed by atoms with Gasteiger partial charge in [0, 0.05) is 11.3 Å². The number of rotatable bonds is 5. The highest BCUT2D eigenvalue weighted by Crippen LogP contribution is 2.17. The summed E-state index contributed by atoms with van der Waals surface area (Å²) in [6, 6.07) is 15.8. The molecule has 0 spiro atoms. The summed E-state index contributed by atoms with van der Waals surface area (Å²) in [6.07, 6.45) is 1.68. The molecule has 0 amide bonds. The fourth-order valence-electron chi connectivity index (χ4n) is 2.04. The molecule has 0 atom stereocenters. The molecular formula is C18H21N3OS. The fourth-order valence-corrected chi connectivity index (χ4v) is 2.21. The van der Waals surface area contributed by atoms with Crippen LogP contribution in [0.15, 0.2) is 53.6 Å². The summed E-state index contributed by atoms with van der Waals surface area (Å²) in [5.41, 5.74) is 5.91. The van der Waals surface area contributed by atoms with Gasteiger partial charge in [-0.2, -0.15) is 5.10 Å². The van der Waals surface area contributed by atoms with Crippen LogP contribution >= 0.6 is 12.2 Å². The highest BCUT2D eigenvalue weighted by Gasteiger charge is 2.01. The molecule has 0 radical (unpaired) electrons. The van der Waals surface area contributed by atoms with Crippen LogP contribution in [0.2, 0.25) is 0 Å². The monoisotopic (exact) mass is 327 g/mol. The van der Waals surface area contributed by atoms with Gasteiger partial charge in [0.2, 0.25) is 0 Å². The van der Waals surface area contributed by atoms with Crippen LogP contribution in [0, 0.1) is 0 Å². The predicted molar refractivity (Wildman–Crippen MR) is 100 cm³/mol. The normalized spacial score (nSPS) is 10.8. The Morgan fingerprint density at radius 3 is 2.48 bits per heavy atom. The topological polar surface area (TPSA) is 45.6 Å². The molecule has 5 heteroatoms. The zero-order chi connectivity index (χ0) is 16.7. The van der Waals surface area contributed by atoms with Crippen LogP contribution in [0.4, 0.5) is 5.69 Å². The van der Waals surface area contributed by atoms with Gasteiger partial charge in [-0.15, -0.1) is 0 Å². The van der Waals surface area contributed by atoms with Gasteiger partial charge in [-0.25, -0.2) is 0 Å². The SMILES string of the molecule is COc1ccccc1C=NNC(=S)Nc1ccc(C(C)C)cc1. The van der Waals surface area contributed by atoms with Gasteiger partial charge in [-0.1, -0.05) is 38.1 Å². The van der Waals surface area contributed by atoms with Crippen molar-refractivity contribution in [2.45, 2.75) is 19.8 Å². The molecular weight excluding hydrogens is 306 g/mol. The van der Waals surface area contributed by atoms with E-state index < -0.39 is 0 Å². The first-order chi connectivity index (χ1) is 11.1. The second-order valence-electron chi connectivity index (χ2n) is 5.34. The number of para-hydroxylation sites is 1. The minimum Gasteiger partial charge on any atom is -0.496 e. The van der Waals surface area contributed by atoms with E-state index in [1.165, 1.54) is 5.56 Å². The minimum atomic E-state index is 0.438. The van der Waals surface area contributed by atoms with E-state index in [1.54, 1.807) is 13.3 Å². The molecule has 0 heterocycles. The smallest absolute Gasteiger partial charge is 0.191 e. The van der Waals surface area contributed by atoms with E-state index in [9.17, 15) is 0 Å². The lowest BCUT2D eigenvalue weighted by Gasteiger charge is -2.09. The van der Waals surface area contributed by atoms with Crippen LogP contribution in [0.1, 0.15) is 30.9 Å². The molecule has 2 rings (SSSR count).